The van der Waals surface area contributed by atoms with E-state index in [1.165, 1.54) is 0 Å². The normalized spacial score (nSPS) is 13.4. The lowest BCUT2D eigenvalue weighted by atomic mass is 10.0. The van der Waals surface area contributed by atoms with Crippen molar-refractivity contribution in [3.63, 3.8) is 0 Å². The first-order chi connectivity index (χ1) is 15.6. The molecule has 156 valence electrons. The lowest BCUT2D eigenvalue weighted by Gasteiger charge is -2.06. The largest absolute Gasteiger partial charge is 0.347 e. The van der Waals surface area contributed by atoms with Crippen LogP contribution in [0.5, 0.6) is 0 Å². The SMILES string of the molecule is Cc1ccc(C(=O)NC2=NC(=C(C#N)C(=O)NCc3ccccc3)c3ccccc32)cc1. The third kappa shape index (κ3) is 4.32. The van der Waals surface area contributed by atoms with Gasteiger partial charge in [-0.1, -0.05) is 72.3 Å². The molecule has 0 fully saturated rings. The lowest BCUT2D eigenvalue weighted by Crippen LogP contribution is -2.30. The summed E-state index contributed by atoms with van der Waals surface area (Å²) < 4.78 is 0. The Morgan fingerprint density at radius 3 is 2.25 bits per heavy atom. The number of aryl methyl sites for hydroxylation is 1. The minimum Gasteiger partial charge on any atom is -0.347 e. The van der Waals surface area contributed by atoms with Gasteiger partial charge in [0.1, 0.15) is 17.5 Å². The number of benzene rings is 3. The van der Waals surface area contributed by atoms with Gasteiger partial charge in [0.05, 0.1) is 5.70 Å². The van der Waals surface area contributed by atoms with Crippen molar-refractivity contribution in [1.82, 2.24) is 10.6 Å². The van der Waals surface area contributed by atoms with Gasteiger partial charge in [0.15, 0.2) is 0 Å². The average Bonchev–Trinajstić information content (AvgIpc) is 3.17. The molecule has 0 aromatic heterocycles. The van der Waals surface area contributed by atoms with Crippen LogP contribution in [-0.4, -0.2) is 17.6 Å². The second-order valence-corrected chi connectivity index (χ2v) is 7.33. The van der Waals surface area contributed by atoms with Gasteiger partial charge in [0.2, 0.25) is 0 Å². The summed E-state index contributed by atoms with van der Waals surface area (Å²) >= 11 is 0. The fourth-order valence-electron chi connectivity index (χ4n) is 3.38. The number of aliphatic imine (C=N–C) groups is 1. The molecular weight excluding hydrogens is 400 g/mol. The Kier molecular flexibility index (Phi) is 5.91. The van der Waals surface area contributed by atoms with Gasteiger partial charge in [-0.25, -0.2) is 4.99 Å². The Balaban J connectivity index is 1.63. The second kappa shape index (κ2) is 9.11. The van der Waals surface area contributed by atoms with Crippen LogP contribution in [-0.2, 0) is 11.3 Å². The van der Waals surface area contributed by atoms with Gasteiger partial charge < -0.3 is 10.6 Å². The maximum absolute atomic E-state index is 12.8. The number of fused-ring (bicyclic) bond motifs is 1. The van der Waals surface area contributed by atoms with Gasteiger partial charge in [-0.2, -0.15) is 5.26 Å². The average molecular weight is 420 g/mol. The third-order valence-corrected chi connectivity index (χ3v) is 5.08. The Morgan fingerprint density at radius 1 is 0.906 bits per heavy atom. The number of rotatable bonds is 4. The van der Waals surface area contributed by atoms with E-state index >= 15 is 0 Å². The first-order valence-electron chi connectivity index (χ1n) is 10.1. The molecule has 2 amide bonds. The molecule has 0 spiro atoms. The van der Waals surface area contributed by atoms with Gasteiger partial charge in [-0.05, 0) is 24.6 Å². The molecule has 6 heteroatoms. The van der Waals surface area contributed by atoms with Crippen LogP contribution in [0.3, 0.4) is 0 Å². The molecule has 0 bridgehead atoms. The number of amidine groups is 1. The molecule has 0 saturated heterocycles. The van der Waals surface area contributed by atoms with E-state index in [9.17, 15) is 14.9 Å². The zero-order chi connectivity index (χ0) is 22.5. The van der Waals surface area contributed by atoms with Crippen molar-refractivity contribution in [1.29, 1.82) is 5.26 Å². The van der Waals surface area contributed by atoms with E-state index in [4.69, 9.17) is 0 Å². The molecular formula is C26H20N4O2. The molecule has 3 aromatic carbocycles. The first kappa shape index (κ1) is 20.8. The van der Waals surface area contributed by atoms with E-state index < -0.39 is 5.91 Å². The predicted molar refractivity (Wildman–Crippen MR) is 122 cm³/mol. The fraction of sp³-hybridized carbons (Fsp3) is 0.0769. The van der Waals surface area contributed by atoms with Crippen LogP contribution in [0.2, 0.25) is 0 Å². The van der Waals surface area contributed by atoms with E-state index in [1.807, 2.05) is 61.5 Å². The van der Waals surface area contributed by atoms with Crippen LogP contribution < -0.4 is 10.6 Å². The van der Waals surface area contributed by atoms with Crippen LogP contribution in [0, 0.1) is 18.3 Å². The molecule has 1 aliphatic heterocycles. The highest BCUT2D eigenvalue weighted by Gasteiger charge is 2.27. The fourth-order valence-corrected chi connectivity index (χ4v) is 3.38. The van der Waals surface area contributed by atoms with E-state index in [2.05, 4.69) is 15.6 Å². The summed E-state index contributed by atoms with van der Waals surface area (Å²) in [5, 5.41) is 15.3. The topological polar surface area (TPSA) is 94.3 Å². The Bertz CT molecular complexity index is 1280. The number of carbonyl (C=O) groups excluding carboxylic acids is 2. The number of carbonyl (C=O) groups is 2. The van der Waals surface area contributed by atoms with Gasteiger partial charge in [-0.3, -0.25) is 9.59 Å². The summed E-state index contributed by atoms with van der Waals surface area (Å²) in [6.07, 6.45) is 0. The Hall–Kier alpha value is -4.50. The Labute approximate surface area is 185 Å². The molecule has 6 nitrogen and oxygen atoms in total. The summed E-state index contributed by atoms with van der Waals surface area (Å²) in [5.41, 5.74) is 3.89. The summed E-state index contributed by atoms with van der Waals surface area (Å²) in [4.78, 5) is 30.0. The van der Waals surface area contributed by atoms with E-state index in [-0.39, 0.29) is 17.2 Å². The van der Waals surface area contributed by atoms with Crippen molar-refractivity contribution < 1.29 is 9.59 Å². The van der Waals surface area contributed by atoms with Crippen molar-refractivity contribution in [3.8, 4) is 6.07 Å². The van der Waals surface area contributed by atoms with Crippen LogP contribution in [0.25, 0.3) is 5.70 Å². The highest BCUT2D eigenvalue weighted by atomic mass is 16.2. The van der Waals surface area contributed by atoms with Gasteiger partial charge in [0.25, 0.3) is 11.8 Å². The number of nitrogens with one attached hydrogen (secondary N) is 2. The van der Waals surface area contributed by atoms with Crippen molar-refractivity contribution in [3.05, 3.63) is 112 Å². The number of hydrogen-bond acceptors (Lipinski definition) is 4. The van der Waals surface area contributed by atoms with Crippen molar-refractivity contribution in [2.45, 2.75) is 13.5 Å². The Morgan fingerprint density at radius 2 is 1.56 bits per heavy atom. The highest BCUT2D eigenvalue weighted by Crippen LogP contribution is 2.30. The highest BCUT2D eigenvalue weighted by molar-refractivity contribution is 6.20. The second-order valence-electron chi connectivity index (χ2n) is 7.33. The van der Waals surface area contributed by atoms with Crippen molar-refractivity contribution in [2.75, 3.05) is 0 Å². The predicted octanol–water partition coefficient (Wildman–Crippen LogP) is 3.74. The van der Waals surface area contributed by atoms with E-state index in [1.54, 1.807) is 30.3 Å². The van der Waals surface area contributed by atoms with Crippen LogP contribution in [0.1, 0.15) is 32.6 Å². The summed E-state index contributed by atoms with van der Waals surface area (Å²) in [7, 11) is 0. The number of hydrogen-bond donors (Lipinski definition) is 2. The van der Waals surface area contributed by atoms with Crippen molar-refractivity contribution >= 4 is 23.3 Å². The molecule has 0 unspecified atom stereocenters. The number of amides is 2. The van der Waals surface area contributed by atoms with E-state index in [0.29, 0.717) is 29.1 Å². The maximum Gasteiger partial charge on any atom is 0.264 e. The zero-order valence-electron chi connectivity index (χ0n) is 17.4. The molecule has 32 heavy (non-hydrogen) atoms. The number of nitrogens with zero attached hydrogens (tertiary/aromatic N) is 2. The molecule has 0 radical (unpaired) electrons. The minimum absolute atomic E-state index is 0.104. The molecule has 0 saturated carbocycles. The third-order valence-electron chi connectivity index (χ3n) is 5.08. The van der Waals surface area contributed by atoms with E-state index in [0.717, 1.165) is 11.1 Å². The summed E-state index contributed by atoms with van der Waals surface area (Å²) in [6, 6.07) is 25.8. The first-order valence-corrected chi connectivity index (χ1v) is 10.1. The molecule has 0 aliphatic carbocycles. The van der Waals surface area contributed by atoms with Gasteiger partial charge in [0, 0.05) is 23.2 Å². The summed E-state index contributed by atoms with van der Waals surface area (Å²) in [6.45, 7) is 2.24. The van der Waals surface area contributed by atoms with Crippen LogP contribution >= 0.6 is 0 Å². The summed E-state index contributed by atoms with van der Waals surface area (Å²) in [5.74, 6) is -0.521. The quantitative estimate of drug-likeness (QED) is 0.497. The molecule has 1 aliphatic rings. The van der Waals surface area contributed by atoms with Crippen molar-refractivity contribution in [2.24, 2.45) is 4.99 Å². The van der Waals surface area contributed by atoms with Crippen LogP contribution in [0.4, 0.5) is 0 Å². The zero-order valence-corrected chi connectivity index (χ0v) is 17.4. The molecule has 0 atom stereocenters. The maximum atomic E-state index is 12.8. The van der Waals surface area contributed by atoms with Crippen LogP contribution in [0.15, 0.2) is 89.4 Å². The molecule has 4 rings (SSSR count). The molecule has 3 aromatic rings. The molecule has 1 heterocycles. The standard InChI is InChI=1S/C26H20N4O2/c1-17-11-13-19(14-12-17)25(31)30-24-21-10-6-5-9-20(21)23(29-24)22(15-27)26(32)28-16-18-7-3-2-4-8-18/h2-14H,16H2,1H3,(H,28,32)(H,29,30,31). The number of nitriles is 1. The lowest BCUT2D eigenvalue weighted by molar-refractivity contribution is -0.117. The van der Waals surface area contributed by atoms with Gasteiger partial charge in [-0.15, -0.1) is 0 Å². The monoisotopic (exact) mass is 420 g/mol. The minimum atomic E-state index is -0.518. The smallest absolute Gasteiger partial charge is 0.264 e. The van der Waals surface area contributed by atoms with Gasteiger partial charge >= 0.3 is 0 Å². The molecule has 2 N–H and O–H groups in total.